The molecule has 1 saturated heterocycles. The summed E-state index contributed by atoms with van der Waals surface area (Å²) in [5.41, 5.74) is 2.36. The van der Waals surface area contributed by atoms with Crippen LogP contribution in [0.5, 0.6) is 0 Å². The van der Waals surface area contributed by atoms with Crippen molar-refractivity contribution in [1.82, 2.24) is 5.32 Å². The van der Waals surface area contributed by atoms with Crippen molar-refractivity contribution >= 4 is 17.3 Å². The summed E-state index contributed by atoms with van der Waals surface area (Å²) in [5.74, 6) is 0.828. The van der Waals surface area contributed by atoms with Crippen molar-refractivity contribution in [3.05, 3.63) is 69.8 Å². The number of nitro benzene ring substituents is 1. The minimum Gasteiger partial charge on any atom is -0.366 e. The van der Waals surface area contributed by atoms with Gasteiger partial charge in [0.05, 0.1) is 4.92 Å². The predicted molar refractivity (Wildman–Crippen MR) is 127 cm³/mol. The van der Waals surface area contributed by atoms with Crippen LogP contribution in [-0.4, -0.2) is 30.0 Å². The maximum Gasteiger partial charge on any atom is 0.293 e. The highest BCUT2D eigenvalue weighted by Gasteiger charge is 2.28. The van der Waals surface area contributed by atoms with Crippen LogP contribution < -0.4 is 10.2 Å². The van der Waals surface area contributed by atoms with E-state index in [1.54, 1.807) is 12.1 Å². The largest absolute Gasteiger partial charge is 0.366 e. The topological polar surface area (TPSA) is 75.5 Å². The number of anilines is 1. The van der Waals surface area contributed by atoms with E-state index < -0.39 is 0 Å². The molecule has 0 spiro atoms. The summed E-state index contributed by atoms with van der Waals surface area (Å²) in [6, 6.07) is 15.6. The van der Waals surface area contributed by atoms with Gasteiger partial charge in [-0.1, -0.05) is 50.1 Å². The molecular weight excluding hydrogens is 402 g/mol. The molecule has 1 heterocycles. The van der Waals surface area contributed by atoms with Gasteiger partial charge in [-0.3, -0.25) is 14.9 Å². The quantitative estimate of drug-likeness (QED) is 0.489. The SMILES string of the molecule is C[C@H]1CCCC[C@@H]1NC(=O)c1ccc(N2CCC(Cc3ccccc3)CC2)c([N+](=O)[O-])c1. The van der Waals surface area contributed by atoms with Gasteiger partial charge in [-0.2, -0.15) is 0 Å². The van der Waals surface area contributed by atoms with Crippen molar-refractivity contribution in [3.8, 4) is 0 Å². The van der Waals surface area contributed by atoms with Crippen molar-refractivity contribution in [2.24, 2.45) is 11.8 Å². The molecule has 0 bridgehead atoms. The lowest BCUT2D eigenvalue weighted by Gasteiger charge is -2.33. The first kappa shape index (κ1) is 22.3. The molecule has 2 atom stereocenters. The summed E-state index contributed by atoms with van der Waals surface area (Å²) in [6.07, 6.45) is 7.48. The van der Waals surface area contributed by atoms with Gasteiger partial charge in [0, 0.05) is 30.8 Å². The molecule has 1 amide bonds. The van der Waals surface area contributed by atoms with Crippen molar-refractivity contribution in [2.75, 3.05) is 18.0 Å². The molecule has 6 heteroatoms. The van der Waals surface area contributed by atoms with Gasteiger partial charge in [-0.25, -0.2) is 0 Å². The molecule has 0 unspecified atom stereocenters. The second-order valence-electron chi connectivity index (χ2n) is 9.42. The van der Waals surface area contributed by atoms with Gasteiger partial charge in [-0.15, -0.1) is 0 Å². The number of amides is 1. The van der Waals surface area contributed by atoms with Crippen LogP contribution >= 0.6 is 0 Å². The summed E-state index contributed by atoms with van der Waals surface area (Å²) in [4.78, 5) is 26.4. The molecule has 2 aliphatic rings. The number of hydrogen-bond donors (Lipinski definition) is 1. The zero-order valence-electron chi connectivity index (χ0n) is 18.8. The molecule has 1 aliphatic carbocycles. The maximum atomic E-state index is 12.8. The fraction of sp³-hybridized carbons (Fsp3) is 0.500. The Kier molecular flexibility index (Phi) is 7.08. The molecule has 2 aromatic rings. The number of nitro groups is 1. The van der Waals surface area contributed by atoms with E-state index in [1.807, 2.05) is 6.07 Å². The summed E-state index contributed by atoms with van der Waals surface area (Å²) in [5, 5.41) is 14.9. The Morgan fingerprint density at radius 1 is 1.06 bits per heavy atom. The van der Waals surface area contributed by atoms with Crippen LogP contribution in [0, 0.1) is 22.0 Å². The Morgan fingerprint density at radius 2 is 1.78 bits per heavy atom. The molecule has 2 aromatic carbocycles. The van der Waals surface area contributed by atoms with E-state index in [2.05, 4.69) is 41.4 Å². The fourth-order valence-electron chi connectivity index (χ4n) is 5.19. The standard InChI is InChI=1S/C26H33N3O3/c1-19-7-5-6-10-23(19)27-26(30)22-11-12-24(25(18-22)29(31)32)28-15-13-21(14-16-28)17-20-8-3-2-4-9-20/h2-4,8-9,11-12,18-19,21,23H,5-7,10,13-17H2,1H3,(H,27,30)/t19-,23-/m0/s1. The highest BCUT2D eigenvalue weighted by molar-refractivity contribution is 5.96. The summed E-state index contributed by atoms with van der Waals surface area (Å²) < 4.78 is 0. The van der Waals surface area contributed by atoms with Crippen LogP contribution in [0.2, 0.25) is 0 Å². The van der Waals surface area contributed by atoms with Gasteiger partial charge in [0.1, 0.15) is 5.69 Å². The first-order valence-corrected chi connectivity index (χ1v) is 11.9. The third-order valence-corrected chi connectivity index (χ3v) is 7.18. The normalized spacial score (nSPS) is 21.8. The lowest BCUT2D eigenvalue weighted by Crippen LogP contribution is -2.41. The van der Waals surface area contributed by atoms with Crippen molar-refractivity contribution in [3.63, 3.8) is 0 Å². The lowest BCUT2D eigenvalue weighted by atomic mass is 9.86. The van der Waals surface area contributed by atoms with Gasteiger partial charge in [0.25, 0.3) is 11.6 Å². The third-order valence-electron chi connectivity index (χ3n) is 7.18. The first-order valence-electron chi connectivity index (χ1n) is 11.9. The molecule has 4 rings (SSSR count). The molecule has 0 aromatic heterocycles. The van der Waals surface area contributed by atoms with Crippen LogP contribution in [0.25, 0.3) is 0 Å². The second kappa shape index (κ2) is 10.2. The van der Waals surface area contributed by atoms with Gasteiger partial charge < -0.3 is 10.2 Å². The molecule has 1 saturated carbocycles. The van der Waals surface area contributed by atoms with Crippen molar-refractivity contribution in [2.45, 2.75) is 57.9 Å². The zero-order chi connectivity index (χ0) is 22.5. The molecule has 6 nitrogen and oxygen atoms in total. The monoisotopic (exact) mass is 435 g/mol. The first-order chi connectivity index (χ1) is 15.5. The van der Waals surface area contributed by atoms with E-state index in [0.717, 1.165) is 51.6 Å². The molecular formula is C26H33N3O3. The number of benzene rings is 2. The van der Waals surface area contributed by atoms with Gasteiger partial charge in [0.15, 0.2) is 0 Å². The van der Waals surface area contributed by atoms with E-state index in [4.69, 9.17) is 0 Å². The fourth-order valence-corrected chi connectivity index (χ4v) is 5.19. The Bertz CT molecular complexity index is 939. The Hall–Kier alpha value is -2.89. The summed E-state index contributed by atoms with van der Waals surface area (Å²) in [6.45, 7) is 3.75. The summed E-state index contributed by atoms with van der Waals surface area (Å²) in [7, 11) is 0. The highest BCUT2D eigenvalue weighted by Crippen LogP contribution is 2.33. The summed E-state index contributed by atoms with van der Waals surface area (Å²) >= 11 is 0. The average Bonchev–Trinajstić information content (AvgIpc) is 2.81. The van der Waals surface area contributed by atoms with Gasteiger partial charge in [0.2, 0.25) is 0 Å². The number of carbonyl (C=O) groups is 1. The van der Waals surface area contributed by atoms with Crippen LogP contribution in [0.3, 0.4) is 0 Å². The smallest absolute Gasteiger partial charge is 0.293 e. The van der Waals surface area contributed by atoms with E-state index >= 15 is 0 Å². The van der Waals surface area contributed by atoms with E-state index in [1.165, 1.54) is 18.1 Å². The van der Waals surface area contributed by atoms with Crippen molar-refractivity contribution < 1.29 is 9.72 Å². The zero-order valence-corrected chi connectivity index (χ0v) is 18.8. The van der Waals surface area contributed by atoms with Crippen LogP contribution in [-0.2, 0) is 6.42 Å². The van der Waals surface area contributed by atoms with Gasteiger partial charge >= 0.3 is 0 Å². The molecule has 32 heavy (non-hydrogen) atoms. The van der Waals surface area contributed by atoms with E-state index in [0.29, 0.717) is 23.1 Å². The van der Waals surface area contributed by atoms with Crippen LogP contribution in [0.15, 0.2) is 48.5 Å². The lowest BCUT2D eigenvalue weighted by molar-refractivity contribution is -0.384. The number of piperidine rings is 1. The molecule has 2 fully saturated rings. The Morgan fingerprint density at radius 3 is 2.47 bits per heavy atom. The molecule has 1 aliphatic heterocycles. The molecule has 170 valence electrons. The predicted octanol–water partition coefficient (Wildman–Crippen LogP) is 5.36. The number of hydrogen-bond acceptors (Lipinski definition) is 4. The van der Waals surface area contributed by atoms with Gasteiger partial charge in [-0.05, 0) is 61.6 Å². The highest BCUT2D eigenvalue weighted by atomic mass is 16.6. The Labute approximate surface area is 190 Å². The second-order valence-corrected chi connectivity index (χ2v) is 9.42. The number of nitrogens with one attached hydrogen (secondary N) is 1. The number of rotatable bonds is 6. The number of carbonyl (C=O) groups excluding carboxylic acids is 1. The van der Waals surface area contributed by atoms with E-state index in [-0.39, 0.29) is 22.6 Å². The molecule has 1 N–H and O–H groups in total. The number of nitrogens with zero attached hydrogens (tertiary/aromatic N) is 2. The average molecular weight is 436 g/mol. The van der Waals surface area contributed by atoms with E-state index in [9.17, 15) is 14.9 Å². The third kappa shape index (κ3) is 5.29. The molecule has 0 radical (unpaired) electrons. The maximum absolute atomic E-state index is 12.8. The Balaban J connectivity index is 1.42. The minimum atomic E-state index is -0.356. The van der Waals surface area contributed by atoms with Crippen LogP contribution in [0.1, 0.15) is 61.4 Å². The van der Waals surface area contributed by atoms with Crippen LogP contribution in [0.4, 0.5) is 11.4 Å². The minimum absolute atomic E-state index is 0.0239. The van der Waals surface area contributed by atoms with Crippen molar-refractivity contribution in [1.29, 1.82) is 0 Å².